The fourth-order valence-electron chi connectivity index (χ4n) is 1.02. The van der Waals surface area contributed by atoms with Crippen LogP contribution in [0, 0.1) is 11.3 Å². The van der Waals surface area contributed by atoms with Crippen molar-refractivity contribution in [2.45, 2.75) is 0 Å². The molecule has 0 N–H and O–H groups in total. The van der Waals surface area contributed by atoms with Gasteiger partial charge in [-0.2, -0.15) is 10.4 Å². The summed E-state index contributed by atoms with van der Waals surface area (Å²) in [4.78, 5) is 0. The molecule has 0 unspecified atom stereocenters. The number of hydrogen-bond acceptors (Lipinski definition) is 2. The van der Waals surface area contributed by atoms with Crippen molar-refractivity contribution in [2.75, 3.05) is 0 Å². The zero-order chi connectivity index (χ0) is 7.68. The van der Waals surface area contributed by atoms with Crippen LogP contribution in [-0.2, 0) is 0 Å². The first-order valence-corrected chi connectivity index (χ1v) is 3.24. The molecule has 2 aromatic rings. The van der Waals surface area contributed by atoms with Crippen molar-refractivity contribution in [1.29, 1.82) is 5.26 Å². The lowest BCUT2D eigenvalue weighted by Gasteiger charge is -1.88. The Balaban J connectivity index is 0.000000720. The molecule has 2 heterocycles. The van der Waals surface area contributed by atoms with Crippen LogP contribution in [0.1, 0.15) is 5.56 Å². The van der Waals surface area contributed by atoms with Crippen LogP contribution in [-0.4, -0.2) is 9.61 Å². The lowest BCUT2D eigenvalue weighted by molar-refractivity contribution is 0.961. The van der Waals surface area contributed by atoms with Crippen molar-refractivity contribution in [3.05, 3.63) is 36.2 Å². The molecule has 0 radical (unpaired) electrons. The molecule has 0 aromatic carbocycles. The number of fused-ring (bicyclic) bond motifs is 1. The van der Waals surface area contributed by atoms with Gasteiger partial charge in [-0.1, -0.05) is 6.07 Å². The standard InChI is InChI=1S/C8H5N3.2ClH/c9-5-7-6-10-11-4-2-1-3-8(7)11;;/h1-4,6H;2*1H. The van der Waals surface area contributed by atoms with Gasteiger partial charge in [-0.15, -0.1) is 24.8 Å². The number of pyridine rings is 1. The van der Waals surface area contributed by atoms with E-state index in [2.05, 4.69) is 11.2 Å². The second kappa shape index (κ2) is 4.70. The predicted octanol–water partition coefficient (Wildman–Crippen LogP) is 2.05. The third-order valence-corrected chi connectivity index (χ3v) is 1.55. The maximum absolute atomic E-state index is 8.62. The molecule has 0 saturated heterocycles. The molecule has 3 nitrogen and oxygen atoms in total. The number of aromatic nitrogens is 2. The van der Waals surface area contributed by atoms with Gasteiger partial charge in [-0.25, -0.2) is 4.52 Å². The molecule has 68 valence electrons. The predicted molar refractivity (Wildman–Crippen MR) is 54.4 cm³/mol. The van der Waals surface area contributed by atoms with Crippen LogP contribution in [0.15, 0.2) is 30.6 Å². The topological polar surface area (TPSA) is 41.1 Å². The molecule has 0 aliphatic heterocycles. The van der Waals surface area contributed by atoms with Crippen LogP contribution in [0.5, 0.6) is 0 Å². The smallest absolute Gasteiger partial charge is 0.103 e. The van der Waals surface area contributed by atoms with Gasteiger partial charge >= 0.3 is 0 Å². The van der Waals surface area contributed by atoms with Gasteiger partial charge in [0, 0.05) is 6.20 Å². The van der Waals surface area contributed by atoms with Crippen molar-refractivity contribution in [1.82, 2.24) is 9.61 Å². The first-order valence-electron chi connectivity index (χ1n) is 3.24. The highest BCUT2D eigenvalue weighted by molar-refractivity contribution is 5.85. The fourth-order valence-corrected chi connectivity index (χ4v) is 1.02. The quantitative estimate of drug-likeness (QED) is 0.676. The molecule has 0 spiro atoms. The molecule has 0 aliphatic carbocycles. The van der Waals surface area contributed by atoms with E-state index in [1.165, 1.54) is 0 Å². The molecule has 0 saturated carbocycles. The van der Waals surface area contributed by atoms with Gasteiger partial charge < -0.3 is 0 Å². The van der Waals surface area contributed by atoms with Crippen LogP contribution >= 0.6 is 24.8 Å². The van der Waals surface area contributed by atoms with Crippen LogP contribution in [0.25, 0.3) is 5.52 Å². The van der Waals surface area contributed by atoms with E-state index in [0.29, 0.717) is 5.56 Å². The zero-order valence-corrected chi connectivity index (χ0v) is 8.18. The number of nitrogens with zero attached hydrogens (tertiary/aromatic N) is 3. The summed E-state index contributed by atoms with van der Waals surface area (Å²) in [5.74, 6) is 0. The first kappa shape index (κ1) is 11.8. The van der Waals surface area contributed by atoms with Crippen LogP contribution in [0.3, 0.4) is 0 Å². The molecular weight excluding hydrogens is 209 g/mol. The number of hydrogen-bond donors (Lipinski definition) is 0. The molecule has 0 atom stereocenters. The summed E-state index contributed by atoms with van der Waals surface area (Å²) in [6, 6.07) is 7.70. The van der Waals surface area contributed by atoms with Crippen molar-refractivity contribution in [2.24, 2.45) is 0 Å². The second-order valence-corrected chi connectivity index (χ2v) is 2.20. The summed E-state index contributed by atoms with van der Waals surface area (Å²) >= 11 is 0. The second-order valence-electron chi connectivity index (χ2n) is 2.20. The van der Waals surface area contributed by atoms with Gasteiger partial charge in [0.05, 0.1) is 17.3 Å². The van der Waals surface area contributed by atoms with Crippen LogP contribution < -0.4 is 0 Å². The molecule has 5 heteroatoms. The highest BCUT2D eigenvalue weighted by Gasteiger charge is 1.98. The monoisotopic (exact) mass is 215 g/mol. The number of rotatable bonds is 0. The Labute approximate surface area is 87.8 Å². The molecule has 2 aromatic heterocycles. The van der Waals surface area contributed by atoms with E-state index in [4.69, 9.17) is 5.26 Å². The van der Waals surface area contributed by atoms with Gasteiger partial charge in [-0.05, 0) is 12.1 Å². The summed E-state index contributed by atoms with van der Waals surface area (Å²) < 4.78 is 1.68. The molecule has 0 amide bonds. The Morgan fingerprint density at radius 3 is 2.77 bits per heavy atom. The molecule has 0 fully saturated rings. The SMILES string of the molecule is Cl.Cl.N#Cc1cnn2ccccc12. The summed E-state index contributed by atoms with van der Waals surface area (Å²) in [5.41, 5.74) is 1.47. The number of nitriles is 1. The van der Waals surface area contributed by atoms with E-state index in [0.717, 1.165) is 5.52 Å². The van der Waals surface area contributed by atoms with Gasteiger partial charge in [0.25, 0.3) is 0 Å². The maximum atomic E-state index is 8.62. The van der Waals surface area contributed by atoms with Crippen molar-refractivity contribution in [3.8, 4) is 6.07 Å². The Hall–Kier alpha value is -1.24. The first-order chi connectivity index (χ1) is 5.42. The van der Waals surface area contributed by atoms with Gasteiger partial charge in [0.2, 0.25) is 0 Å². The van der Waals surface area contributed by atoms with E-state index in [9.17, 15) is 0 Å². The molecule has 2 rings (SSSR count). The van der Waals surface area contributed by atoms with Gasteiger partial charge in [-0.3, -0.25) is 0 Å². The number of halogens is 2. The minimum atomic E-state index is 0. The largest absolute Gasteiger partial charge is 0.240 e. The summed E-state index contributed by atoms with van der Waals surface area (Å²) in [6.45, 7) is 0. The third kappa shape index (κ3) is 1.92. The minimum Gasteiger partial charge on any atom is -0.240 e. The average molecular weight is 216 g/mol. The summed E-state index contributed by atoms with van der Waals surface area (Å²) in [7, 11) is 0. The molecule has 0 aliphatic rings. The Kier molecular flexibility index (Phi) is 4.26. The van der Waals surface area contributed by atoms with Crippen molar-refractivity contribution in [3.63, 3.8) is 0 Å². The summed E-state index contributed by atoms with van der Waals surface area (Å²) in [6.07, 6.45) is 3.38. The third-order valence-electron chi connectivity index (χ3n) is 1.55. The lowest BCUT2D eigenvalue weighted by Crippen LogP contribution is -1.82. The van der Waals surface area contributed by atoms with E-state index >= 15 is 0 Å². The van der Waals surface area contributed by atoms with E-state index in [1.807, 2.05) is 24.4 Å². The normalized spacial score (nSPS) is 8.23. The lowest BCUT2D eigenvalue weighted by atomic mass is 10.3. The van der Waals surface area contributed by atoms with E-state index < -0.39 is 0 Å². The minimum absolute atomic E-state index is 0. The zero-order valence-electron chi connectivity index (χ0n) is 6.54. The van der Waals surface area contributed by atoms with Crippen LogP contribution in [0.4, 0.5) is 0 Å². The molecule has 0 bridgehead atoms. The Morgan fingerprint density at radius 1 is 1.31 bits per heavy atom. The Morgan fingerprint density at radius 2 is 2.08 bits per heavy atom. The van der Waals surface area contributed by atoms with E-state index in [-0.39, 0.29) is 24.8 Å². The molecule has 13 heavy (non-hydrogen) atoms. The highest BCUT2D eigenvalue weighted by Crippen LogP contribution is 2.06. The highest BCUT2D eigenvalue weighted by atomic mass is 35.5. The summed E-state index contributed by atoms with van der Waals surface area (Å²) in [5, 5.41) is 12.6. The van der Waals surface area contributed by atoms with Crippen molar-refractivity contribution < 1.29 is 0 Å². The molecular formula is C8H7Cl2N3. The van der Waals surface area contributed by atoms with Gasteiger partial charge in [0.1, 0.15) is 6.07 Å². The van der Waals surface area contributed by atoms with Crippen LogP contribution in [0.2, 0.25) is 0 Å². The van der Waals surface area contributed by atoms with E-state index in [1.54, 1.807) is 10.7 Å². The average Bonchev–Trinajstić information content (AvgIpc) is 2.47. The Bertz CT molecular complexity index is 430. The van der Waals surface area contributed by atoms with Gasteiger partial charge in [0.15, 0.2) is 0 Å². The maximum Gasteiger partial charge on any atom is 0.103 e. The fraction of sp³-hybridized carbons (Fsp3) is 0. The van der Waals surface area contributed by atoms with Crippen molar-refractivity contribution >= 4 is 30.3 Å².